The summed E-state index contributed by atoms with van der Waals surface area (Å²) in [6, 6.07) is 5.56. The van der Waals surface area contributed by atoms with Crippen molar-refractivity contribution in [2.24, 2.45) is 5.73 Å². The molecule has 0 unspecified atom stereocenters. The van der Waals surface area contributed by atoms with Gasteiger partial charge in [0.15, 0.2) is 0 Å². The van der Waals surface area contributed by atoms with Gasteiger partial charge in [0.1, 0.15) is 0 Å². The average Bonchev–Trinajstić information content (AvgIpc) is 2.28. The molecular formula is C12H15F3N2O. The average molecular weight is 260 g/mol. The van der Waals surface area contributed by atoms with E-state index in [0.29, 0.717) is 6.54 Å². The monoisotopic (exact) mass is 260 g/mol. The van der Waals surface area contributed by atoms with Crippen LogP contribution in [0.25, 0.3) is 0 Å². The first-order valence-electron chi connectivity index (χ1n) is 5.46. The number of benzene rings is 1. The first kappa shape index (κ1) is 14.5. The fraction of sp³-hybridized carbons (Fsp3) is 0.417. The van der Waals surface area contributed by atoms with Crippen LogP contribution in [0.2, 0.25) is 0 Å². The molecule has 1 aromatic carbocycles. The summed E-state index contributed by atoms with van der Waals surface area (Å²) in [6.07, 6.45) is -4.88. The lowest BCUT2D eigenvalue weighted by atomic mass is 10.1. The fourth-order valence-electron chi connectivity index (χ4n) is 1.58. The predicted octanol–water partition coefficient (Wildman–Crippen LogP) is 2.45. The third kappa shape index (κ3) is 3.22. The van der Waals surface area contributed by atoms with Crippen molar-refractivity contribution in [3.8, 4) is 0 Å². The minimum absolute atomic E-state index is 0.213. The van der Waals surface area contributed by atoms with Crippen LogP contribution in [0.1, 0.15) is 19.4 Å². The number of anilines is 1. The van der Waals surface area contributed by atoms with E-state index in [2.05, 4.69) is 0 Å². The predicted molar refractivity (Wildman–Crippen MR) is 63.0 cm³/mol. The van der Waals surface area contributed by atoms with E-state index < -0.39 is 18.1 Å². The molecule has 0 saturated heterocycles. The number of nitrogens with two attached hydrogens (primary N) is 1. The van der Waals surface area contributed by atoms with Gasteiger partial charge in [0, 0.05) is 18.3 Å². The van der Waals surface area contributed by atoms with Gasteiger partial charge in [-0.1, -0.05) is 12.1 Å². The molecule has 0 fully saturated rings. The van der Waals surface area contributed by atoms with E-state index in [4.69, 9.17) is 5.73 Å². The number of halogens is 3. The number of hydrogen-bond donors (Lipinski definition) is 1. The summed E-state index contributed by atoms with van der Waals surface area (Å²) in [5.74, 6) is -1.86. The van der Waals surface area contributed by atoms with Crippen LogP contribution in [0.15, 0.2) is 24.3 Å². The van der Waals surface area contributed by atoms with E-state index in [1.807, 2.05) is 0 Å². The van der Waals surface area contributed by atoms with Crippen LogP contribution < -0.4 is 10.6 Å². The summed E-state index contributed by atoms with van der Waals surface area (Å²) in [7, 11) is 0. The van der Waals surface area contributed by atoms with Crippen LogP contribution in [-0.2, 0) is 11.3 Å². The molecule has 0 heterocycles. The third-order valence-corrected chi connectivity index (χ3v) is 2.43. The first-order valence-corrected chi connectivity index (χ1v) is 5.46. The minimum atomic E-state index is -4.88. The summed E-state index contributed by atoms with van der Waals surface area (Å²) < 4.78 is 37.4. The van der Waals surface area contributed by atoms with Gasteiger partial charge >= 0.3 is 12.1 Å². The molecule has 100 valence electrons. The maximum Gasteiger partial charge on any atom is 0.471 e. The molecule has 0 aliphatic carbocycles. The van der Waals surface area contributed by atoms with Gasteiger partial charge in [-0.2, -0.15) is 13.2 Å². The van der Waals surface area contributed by atoms with Gasteiger partial charge in [0.05, 0.1) is 0 Å². The molecule has 1 rings (SSSR count). The van der Waals surface area contributed by atoms with E-state index >= 15 is 0 Å². The van der Waals surface area contributed by atoms with E-state index in [-0.39, 0.29) is 5.69 Å². The summed E-state index contributed by atoms with van der Waals surface area (Å²) in [6.45, 7) is 3.36. The molecule has 2 N–H and O–H groups in total. The Morgan fingerprint density at radius 3 is 2.11 bits per heavy atom. The normalized spacial score (nSPS) is 11.7. The molecular weight excluding hydrogens is 245 g/mol. The molecule has 0 radical (unpaired) electrons. The Balaban J connectivity index is 3.08. The SMILES string of the molecule is CC(C)N(C(=O)C(F)(F)F)c1ccc(CN)cc1. The molecule has 0 aliphatic rings. The molecule has 18 heavy (non-hydrogen) atoms. The lowest BCUT2D eigenvalue weighted by Gasteiger charge is -2.27. The van der Waals surface area contributed by atoms with Crippen molar-refractivity contribution in [1.82, 2.24) is 0 Å². The maximum absolute atomic E-state index is 12.5. The van der Waals surface area contributed by atoms with Gasteiger partial charge in [0.2, 0.25) is 0 Å². The Labute approximate surface area is 103 Å². The Hall–Kier alpha value is -1.56. The largest absolute Gasteiger partial charge is 0.471 e. The van der Waals surface area contributed by atoms with Crippen LogP contribution in [0.3, 0.4) is 0 Å². The minimum Gasteiger partial charge on any atom is -0.326 e. The summed E-state index contributed by atoms with van der Waals surface area (Å²) in [4.78, 5) is 12.1. The van der Waals surface area contributed by atoms with Crippen LogP contribution in [0.4, 0.5) is 18.9 Å². The molecule has 1 amide bonds. The zero-order chi connectivity index (χ0) is 13.9. The standard InChI is InChI=1S/C12H15F3N2O/c1-8(2)17(11(18)12(13,14)15)10-5-3-9(7-16)4-6-10/h3-6,8H,7,16H2,1-2H3. The van der Waals surface area contributed by atoms with Crippen molar-refractivity contribution in [1.29, 1.82) is 0 Å². The Kier molecular flexibility index (Phi) is 4.34. The van der Waals surface area contributed by atoms with Gasteiger partial charge in [-0.25, -0.2) is 0 Å². The van der Waals surface area contributed by atoms with E-state index in [9.17, 15) is 18.0 Å². The second-order valence-corrected chi connectivity index (χ2v) is 4.14. The van der Waals surface area contributed by atoms with Crippen molar-refractivity contribution >= 4 is 11.6 Å². The molecule has 1 aromatic rings. The second kappa shape index (κ2) is 5.39. The Bertz CT molecular complexity index is 412. The molecule has 0 atom stereocenters. The smallest absolute Gasteiger partial charge is 0.326 e. The summed E-state index contributed by atoms with van der Waals surface area (Å²) in [5, 5.41) is 0. The van der Waals surface area contributed by atoms with Gasteiger partial charge < -0.3 is 10.6 Å². The quantitative estimate of drug-likeness (QED) is 0.907. The molecule has 0 spiro atoms. The zero-order valence-electron chi connectivity index (χ0n) is 10.2. The zero-order valence-corrected chi connectivity index (χ0v) is 10.2. The number of rotatable bonds is 3. The Morgan fingerprint density at radius 2 is 1.78 bits per heavy atom. The number of nitrogens with zero attached hydrogens (tertiary/aromatic N) is 1. The third-order valence-electron chi connectivity index (χ3n) is 2.43. The van der Waals surface area contributed by atoms with Crippen molar-refractivity contribution in [2.45, 2.75) is 32.6 Å². The second-order valence-electron chi connectivity index (χ2n) is 4.14. The van der Waals surface area contributed by atoms with Gasteiger partial charge in [-0.05, 0) is 31.5 Å². The maximum atomic E-state index is 12.5. The van der Waals surface area contributed by atoms with Gasteiger partial charge in [0.25, 0.3) is 0 Å². The molecule has 0 bridgehead atoms. The van der Waals surface area contributed by atoms with Gasteiger partial charge in [-0.3, -0.25) is 4.79 Å². The number of alkyl halides is 3. The highest BCUT2D eigenvalue weighted by Gasteiger charge is 2.43. The summed E-state index contributed by atoms with van der Waals surface area (Å²) >= 11 is 0. The topological polar surface area (TPSA) is 46.3 Å². The van der Waals surface area contributed by atoms with E-state index in [1.165, 1.54) is 26.0 Å². The van der Waals surface area contributed by atoms with Crippen LogP contribution in [-0.4, -0.2) is 18.1 Å². The van der Waals surface area contributed by atoms with Crippen molar-refractivity contribution in [3.63, 3.8) is 0 Å². The highest BCUT2D eigenvalue weighted by Crippen LogP contribution is 2.25. The molecule has 0 saturated carbocycles. The van der Waals surface area contributed by atoms with Crippen molar-refractivity contribution in [3.05, 3.63) is 29.8 Å². The lowest BCUT2D eigenvalue weighted by Crippen LogP contribution is -2.45. The van der Waals surface area contributed by atoms with Crippen molar-refractivity contribution < 1.29 is 18.0 Å². The number of carbonyl (C=O) groups excluding carboxylic acids is 1. The van der Waals surface area contributed by atoms with Crippen molar-refractivity contribution in [2.75, 3.05) is 4.90 Å². The molecule has 0 aliphatic heterocycles. The molecule has 6 heteroatoms. The highest BCUT2D eigenvalue weighted by atomic mass is 19.4. The van der Waals surface area contributed by atoms with E-state index in [0.717, 1.165) is 10.5 Å². The highest BCUT2D eigenvalue weighted by molar-refractivity contribution is 5.97. The lowest BCUT2D eigenvalue weighted by molar-refractivity contribution is -0.170. The Morgan fingerprint density at radius 1 is 1.28 bits per heavy atom. The molecule has 3 nitrogen and oxygen atoms in total. The van der Waals surface area contributed by atoms with Crippen LogP contribution in [0, 0.1) is 0 Å². The number of carbonyl (C=O) groups is 1. The van der Waals surface area contributed by atoms with Crippen LogP contribution >= 0.6 is 0 Å². The number of amides is 1. The fourth-order valence-corrected chi connectivity index (χ4v) is 1.58. The first-order chi connectivity index (χ1) is 8.27. The number of hydrogen-bond acceptors (Lipinski definition) is 2. The van der Waals surface area contributed by atoms with Gasteiger partial charge in [-0.15, -0.1) is 0 Å². The van der Waals surface area contributed by atoms with Crippen LogP contribution in [0.5, 0.6) is 0 Å². The summed E-state index contributed by atoms with van der Waals surface area (Å²) in [5.41, 5.74) is 6.41. The molecule has 0 aromatic heterocycles. The van der Waals surface area contributed by atoms with E-state index in [1.54, 1.807) is 12.1 Å².